The molecule has 30 heavy (non-hydrogen) atoms. The number of fused-ring (bicyclic) bond motifs is 1. The van der Waals surface area contributed by atoms with Gasteiger partial charge in [-0.25, -0.2) is 13.2 Å². The van der Waals surface area contributed by atoms with Gasteiger partial charge in [-0.05, 0) is 45.0 Å². The smallest absolute Gasteiger partial charge is 0.407 e. The van der Waals surface area contributed by atoms with Crippen LogP contribution in [0.5, 0.6) is 0 Å². The molecule has 2 fully saturated rings. The van der Waals surface area contributed by atoms with E-state index in [1.54, 1.807) is 49.9 Å². The maximum Gasteiger partial charge on any atom is 0.407 e. The maximum absolute atomic E-state index is 12.4. The van der Waals surface area contributed by atoms with E-state index < -0.39 is 27.4 Å². The molecule has 2 atom stereocenters. The van der Waals surface area contributed by atoms with Crippen molar-refractivity contribution in [3.8, 4) is 0 Å². The van der Waals surface area contributed by atoms with E-state index in [1.165, 1.54) is 11.8 Å². The molecule has 2 amide bonds. The van der Waals surface area contributed by atoms with Crippen LogP contribution in [0.2, 0.25) is 5.02 Å². The van der Waals surface area contributed by atoms with Crippen molar-refractivity contribution in [3.63, 3.8) is 0 Å². The fourth-order valence-corrected chi connectivity index (χ4v) is 7.27. The van der Waals surface area contributed by atoms with Crippen molar-refractivity contribution < 1.29 is 22.7 Å². The molecule has 1 N–H and O–H groups in total. The van der Waals surface area contributed by atoms with Gasteiger partial charge in [-0.2, -0.15) is 4.99 Å². The lowest BCUT2D eigenvalue weighted by Gasteiger charge is -2.24. The summed E-state index contributed by atoms with van der Waals surface area (Å²) in [7, 11) is -3.14. The summed E-state index contributed by atoms with van der Waals surface area (Å²) >= 11 is 7.27. The number of sulfone groups is 1. The van der Waals surface area contributed by atoms with Gasteiger partial charge in [0.25, 0.3) is 0 Å². The molecule has 0 spiro atoms. The van der Waals surface area contributed by atoms with Gasteiger partial charge < -0.3 is 15.0 Å². The lowest BCUT2D eigenvalue weighted by atomic mass is 10.2. The number of thioether (sulfide) groups is 1. The predicted molar refractivity (Wildman–Crippen MR) is 119 cm³/mol. The number of ether oxygens (including phenoxy) is 1. The van der Waals surface area contributed by atoms with Gasteiger partial charge in [-0.15, -0.1) is 0 Å². The van der Waals surface area contributed by atoms with E-state index in [0.29, 0.717) is 10.2 Å². The number of hydrogen-bond acceptors (Lipinski definition) is 6. The molecule has 0 radical (unpaired) electrons. The first kappa shape index (κ1) is 22.9. The summed E-state index contributed by atoms with van der Waals surface area (Å²) in [6.45, 7) is 5.35. The van der Waals surface area contributed by atoms with Gasteiger partial charge in [0.15, 0.2) is 15.0 Å². The van der Waals surface area contributed by atoms with Crippen LogP contribution in [0.15, 0.2) is 29.3 Å². The number of halogens is 1. The molecule has 2 aliphatic rings. The Hall–Kier alpha value is -1.78. The number of carbonyl (C=O) groups excluding carboxylic acids is 2. The fourth-order valence-electron chi connectivity index (χ4n) is 3.22. The SMILES string of the molecule is CC(C)(C)OC(=O)NCCC(=O)N=C1S[C@H]2CS(=O)(=O)C[C@@H]2N1c1ccc(Cl)cc1. The van der Waals surface area contributed by atoms with Gasteiger partial charge in [0.05, 0.1) is 17.5 Å². The third-order valence-electron chi connectivity index (χ3n) is 4.40. The van der Waals surface area contributed by atoms with Gasteiger partial charge in [0.1, 0.15) is 5.60 Å². The van der Waals surface area contributed by atoms with E-state index in [1.807, 2.05) is 0 Å². The number of hydrogen-bond donors (Lipinski definition) is 1. The average Bonchev–Trinajstić information content (AvgIpc) is 3.05. The van der Waals surface area contributed by atoms with Gasteiger partial charge in [0, 0.05) is 28.9 Å². The van der Waals surface area contributed by atoms with E-state index in [2.05, 4.69) is 10.3 Å². The zero-order valence-corrected chi connectivity index (χ0v) is 19.3. The van der Waals surface area contributed by atoms with Crippen LogP contribution in [0.25, 0.3) is 0 Å². The van der Waals surface area contributed by atoms with Gasteiger partial charge in [-0.1, -0.05) is 23.4 Å². The molecule has 0 bridgehead atoms. The summed E-state index contributed by atoms with van der Waals surface area (Å²) in [5.41, 5.74) is 0.112. The van der Waals surface area contributed by atoms with Crippen LogP contribution in [-0.2, 0) is 19.4 Å². The van der Waals surface area contributed by atoms with Crippen LogP contribution in [-0.4, -0.2) is 60.5 Å². The predicted octanol–water partition coefficient (Wildman–Crippen LogP) is 2.86. The molecule has 2 heterocycles. The molecule has 0 saturated carbocycles. The highest BCUT2D eigenvalue weighted by atomic mass is 35.5. The van der Waals surface area contributed by atoms with Crippen molar-refractivity contribution in [3.05, 3.63) is 29.3 Å². The summed E-state index contributed by atoms with van der Waals surface area (Å²) in [6, 6.07) is 6.69. The minimum Gasteiger partial charge on any atom is -0.444 e. The normalized spacial score (nSPS) is 24.0. The Morgan fingerprint density at radius 2 is 1.93 bits per heavy atom. The summed E-state index contributed by atoms with van der Waals surface area (Å²) in [5, 5.41) is 3.37. The number of anilines is 1. The minimum absolute atomic E-state index is 0.00535. The third kappa shape index (κ3) is 5.89. The standard InChI is InChI=1S/C19H24ClN3O5S2/c1-19(2,3)28-18(25)21-9-8-16(24)22-17-23(13-6-4-12(20)5-7-13)14-10-30(26,27)11-15(14)29-17/h4-7,14-15H,8-11H2,1-3H3,(H,21,25)/t14-,15-/m0/s1. The Morgan fingerprint density at radius 1 is 1.27 bits per heavy atom. The zero-order chi connectivity index (χ0) is 22.1. The second-order valence-electron chi connectivity index (χ2n) is 8.11. The molecular formula is C19H24ClN3O5S2. The maximum atomic E-state index is 12.4. The second-order valence-corrected chi connectivity index (χ2v) is 11.9. The summed E-state index contributed by atoms with van der Waals surface area (Å²) in [6.07, 6.45) is -0.591. The Labute approximate surface area is 185 Å². The molecule has 164 valence electrons. The molecule has 3 rings (SSSR count). The Balaban J connectivity index is 1.70. The van der Waals surface area contributed by atoms with Crippen molar-refractivity contribution in [2.24, 2.45) is 4.99 Å². The van der Waals surface area contributed by atoms with Crippen molar-refractivity contribution in [2.75, 3.05) is 23.0 Å². The van der Waals surface area contributed by atoms with Crippen LogP contribution >= 0.6 is 23.4 Å². The topological polar surface area (TPSA) is 105 Å². The molecule has 0 aromatic heterocycles. The molecule has 0 unspecified atom stereocenters. The van der Waals surface area contributed by atoms with Crippen molar-refractivity contribution in [1.82, 2.24) is 5.32 Å². The molecule has 2 aliphatic heterocycles. The molecule has 0 aliphatic carbocycles. The molecule has 1 aromatic rings. The number of amidine groups is 1. The largest absolute Gasteiger partial charge is 0.444 e. The highest BCUT2D eigenvalue weighted by molar-refractivity contribution is 8.16. The number of nitrogens with zero attached hydrogens (tertiary/aromatic N) is 2. The molecule has 11 heteroatoms. The number of rotatable bonds is 4. The monoisotopic (exact) mass is 473 g/mol. The van der Waals surface area contributed by atoms with E-state index in [-0.39, 0.29) is 35.8 Å². The molecule has 2 saturated heterocycles. The Morgan fingerprint density at radius 3 is 2.57 bits per heavy atom. The highest BCUT2D eigenvalue weighted by Gasteiger charge is 2.49. The van der Waals surface area contributed by atoms with Crippen LogP contribution in [0.3, 0.4) is 0 Å². The van der Waals surface area contributed by atoms with E-state index in [4.69, 9.17) is 16.3 Å². The first-order valence-electron chi connectivity index (χ1n) is 9.44. The van der Waals surface area contributed by atoms with Crippen molar-refractivity contribution >= 4 is 56.1 Å². The Kier molecular flexibility index (Phi) is 6.69. The lowest BCUT2D eigenvalue weighted by Crippen LogP contribution is -2.37. The van der Waals surface area contributed by atoms with E-state index in [9.17, 15) is 18.0 Å². The number of nitrogens with one attached hydrogen (secondary N) is 1. The number of carbonyl (C=O) groups is 2. The fraction of sp³-hybridized carbons (Fsp3) is 0.526. The number of amides is 2. The molecule has 8 nitrogen and oxygen atoms in total. The summed E-state index contributed by atoms with van der Waals surface area (Å²) in [4.78, 5) is 30.1. The average molecular weight is 474 g/mol. The quantitative estimate of drug-likeness (QED) is 0.716. The minimum atomic E-state index is -3.14. The second kappa shape index (κ2) is 8.76. The van der Waals surface area contributed by atoms with Crippen molar-refractivity contribution in [1.29, 1.82) is 0 Å². The number of alkyl carbamates (subject to hydrolysis) is 1. The van der Waals surface area contributed by atoms with E-state index in [0.717, 1.165) is 5.69 Å². The summed E-state index contributed by atoms with van der Waals surface area (Å²) < 4.78 is 29.3. The third-order valence-corrected chi connectivity index (χ3v) is 7.86. The summed E-state index contributed by atoms with van der Waals surface area (Å²) in [5.74, 6) is -0.337. The highest BCUT2D eigenvalue weighted by Crippen LogP contribution is 2.41. The number of aliphatic imine (C=N–C) groups is 1. The van der Waals surface area contributed by atoms with Crippen LogP contribution in [0.1, 0.15) is 27.2 Å². The van der Waals surface area contributed by atoms with Crippen LogP contribution in [0.4, 0.5) is 10.5 Å². The van der Waals surface area contributed by atoms with Gasteiger partial charge >= 0.3 is 6.09 Å². The molecule has 1 aromatic carbocycles. The van der Waals surface area contributed by atoms with Gasteiger partial charge in [0.2, 0.25) is 5.91 Å². The zero-order valence-electron chi connectivity index (χ0n) is 16.9. The molecular weight excluding hydrogens is 450 g/mol. The number of benzene rings is 1. The van der Waals surface area contributed by atoms with Gasteiger partial charge in [-0.3, -0.25) is 4.79 Å². The van der Waals surface area contributed by atoms with Crippen molar-refractivity contribution in [2.45, 2.75) is 44.1 Å². The lowest BCUT2D eigenvalue weighted by molar-refractivity contribution is -0.117. The van der Waals surface area contributed by atoms with Crippen LogP contribution in [0, 0.1) is 0 Å². The van der Waals surface area contributed by atoms with E-state index >= 15 is 0 Å². The first-order chi connectivity index (χ1) is 13.9. The first-order valence-corrected chi connectivity index (χ1v) is 12.5. The Bertz CT molecular complexity index is 957. The van der Waals surface area contributed by atoms with Crippen LogP contribution < -0.4 is 10.2 Å².